The predicted molar refractivity (Wildman–Crippen MR) is 68.7 cm³/mol. The summed E-state index contributed by atoms with van der Waals surface area (Å²) in [5.41, 5.74) is 3.04. The van der Waals surface area contributed by atoms with Gasteiger partial charge in [-0.3, -0.25) is 9.59 Å². The maximum absolute atomic E-state index is 11.6. The molecule has 0 aromatic heterocycles. The van der Waals surface area contributed by atoms with Gasteiger partial charge in [0.15, 0.2) is 0 Å². The molecule has 0 spiro atoms. The molecular weight excluding hydrogens is 230 g/mol. The van der Waals surface area contributed by atoms with Gasteiger partial charge in [0.05, 0.1) is 5.92 Å². The van der Waals surface area contributed by atoms with Gasteiger partial charge in [-0.2, -0.15) is 0 Å². The number of amides is 1. The van der Waals surface area contributed by atoms with Crippen molar-refractivity contribution in [1.82, 2.24) is 0 Å². The van der Waals surface area contributed by atoms with Crippen molar-refractivity contribution in [1.29, 1.82) is 0 Å². The number of aryl methyl sites for hydroxylation is 1. The fourth-order valence-electron chi connectivity index (χ4n) is 2.24. The van der Waals surface area contributed by atoms with E-state index in [1.807, 2.05) is 18.2 Å². The van der Waals surface area contributed by atoms with E-state index in [1.54, 1.807) is 18.9 Å². The number of carbonyl (C=O) groups excluding carboxylic acids is 1. The number of nitrogens with zero attached hydrogens (tertiary/aromatic N) is 1. The maximum atomic E-state index is 11.6. The minimum absolute atomic E-state index is 0.117. The SMILES string of the molecule is CC(Cc1ccc2c(c1)N(C)C(=O)CC2)C(=O)O. The van der Waals surface area contributed by atoms with Crippen LogP contribution in [0.25, 0.3) is 0 Å². The zero-order chi connectivity index (χ0) is 13.3. The van der Waals surface area contributed by atoms with Gasteiger partial charge in [-0.15, -0.1) is 0 Å². The Hall–Kier alpha value is -1.84. The first-order valence-electron chi connectivity index (χ1n) is 6.10. The van der Waals surface area contributed by atoms with Gasteiger partial charge < -0.3 is 10.0 Å². The summed E-state index contributed by atoms with van der Waals surface area (Å²) in [6.45, 7) is 1.69. The molecule has 1 aliphatic rings. The highest BCUT2D eigenvalue weighted by Crippen LogP contribution is 2.28. The van der Waals surface area contributed by atoms with E-state index in [9.17, 15) is 9.59 Å². The number of aliphatic carboxylic acids is 1. The van der Waals surface area contributed by atoms with E-state index in [0.717, 1.165) is 23.2 Å². The number of carboxylic acids is 1. The Bertz CT molecular complexity index is 496. The van der Waals surface area contributed by atoms with Crippen LogP contribution in [0, 0.1) is 5.92 Å². The summed E-state index contributed by atoms with van der Waals surface area (Å²) in [6.07, 6.45) is 1.81. The smallest absolute Gasteiger partial charge is 0.306 e. The summed E-state index contributed by atoms with van der Waals surface area (Å²) < 4.78 is 0. The van der Waals surface area contributed by atoms with Crippen molar-refractivity contribution in [2.45, 2.75) is 26.2 Å². The highest BCUT2D eigenvalue weighted by molar-refractivity contribution is 5.95. The maximum Gasteiger partial charge on any atom is 0.306 e. The molecule has 0 radical (unpaired) electrons. The summed E-state index contributed by atoms with van der Waals surface area (Å²) in [7, 11) is 1.77. The number of hydrogen-bond donors (Lipinski definition) is 1. The van der Waals surface area contributed by atoms with Crippen molar-refractivity contribution in [3.63, 3.8) is 0 Å². The summed E-state index contributed by atoms with van der Waals surface area (Å²) in [4.78, 5) is 24.1. The van der Waals surface area contributed by atoms with Crippen LogP contribution in [0.4, 0.5) is 5.69 Å². The molecule has 2 rings (SSSR count). The number of anilines is 1. The Balaban J connectivity index is 2.26. The van der Waals surface area contributed by atoms with Gasteiger partial charge in [-0.1, -0.05) is 19.1 Å². The minimum Gasteiger partial charge on any atom is -0.481 e. The predicted octanol–water partition coefficient (Wildman–Crippen LogP) is 1.86. The van der Waals surface area contributed by atoms with Crippen LogP contribution in [-0.2, 0) is 22.4 Å². The Morgan fingerprint density at radius 1 is 1.44 bits per heavy atom. The molecule has 1 atom stereocenters. The van der Waals surface area contributed by atoms with Gasteiger partial charge in [-0.05, 0) is 30.0 Å². The number of carbonyl (C=O) groups is 2. The van der Waals surface area contributed by atoms with Gasteiger partial charge in [0.1, 0.15) is 0 Å². The molecule has 1 heterocycles. The number of benzene rings is 1. The average Bonchev–Trinajstić information content (AvgIpc) is 2.34. The summed E-state index contributed by atoms with van der Waals surface area (Å²) in [5, 5.41) is 8.91. The Labute approximate surface area is 106 Å². The standard InChI is InChI=1S/C14H17NO3/c1-9(14(17)18)7-10-3-4-11-5-6-13(16)15(2)12(11)8-10/h3-4,8-9H,5-7H2,1-2H3,(H,17,18). The van der Waals surface area contributed by atoms with E-state index in [0.29, 0.717) is 12.8 Å². The number of hydrogen-bond acceptors (Lipinski definition) is 2. The van der Waals surface area contributed by atoms with Crippen LogP contribution in [0.5, 0.6) is 0 Å². The summed E-state index contributed by atoms with van der Waals surface area (Å²) >= 11 is 0. The lowest BCUT2D eigenvalue weighted by molar-refractivity contribution is -0.141. The topological polar surface area (TPSA) is 57.6 Å². The van der Waals surface area contributed by atoms with E-state index >= 15 is 0 Å². The van der Waals surface area contributed by atoms with Gasteiger partial charge in [0.2, 0.25) is 5.91 Å². The molecule has 1 N–H and O–H groups in total. The molecule has 4 heteroatoms. The number of carboxylic acid groups (broad SMARTS) is 1. The average molecular weight is 247 g/mol. The molecular formula is C14H17NO3. The zero-order valence-electron chi connectivity index (χ0n) is 10.6. The van der Waals surface area contributed by atoms with Crippen molar-refractivity contribution >= 4 is 17.6 Å². The quantitative estimate of drug-likeness (QED) is 0.887. The second kappa shape index (κ2) is 4.80. The van der Waals surface area contributed by atoms with Crippen molar-refractivity contribution in [3.05, 3.63) is 29.3 Å². The minimum atomic E-state index is -0.794. The number of fused-ring (bicyclic) bond motifs is 1. The lowest BCUT2D eigenvalue weighted by Gasteiger charge is -2.26. The zero-order valence-corrected chi connectivity index (χ0v) is 10.6. The lowest BCUT2D eigenvalue weighted by atomic mass is 9.95. The molecule has 0 saturated heterocycles. The second-order valence-corrected chi connectivity index (χ2v) is 4.86. The van der Waals surface area contributed by atoms with E-state index in [1.165, 1.54) is 0 Å². The summed E-state index contributed by atoms with van der Waals surface area (Å²) in [6, 6.07) is 5.90. The monoisotopic (exact) mass is 247 g/mol. The van der Waals surface area contributed by atoms with E-state index in [4.69, 9.17) is 5.11 Å². The van der Waals surface area contributed by atoms with Crippen LogP contribution < -0.4 is 4.90 Å². The fourth-order valence-corrected chi connectivity index (χ4v) is 2.24. The van der Waals surface area contributed by atoms with E-state index < -0.39 is 11.9 Å². The normalized spacial score (nSPS) is 16.3. The molecule has 1 unspecified atom stereocenters. The van der Waals surface area contributed by atoms with Gasteiger partial charge in [-0.25, -0.2) is 0 Å². The Morgan fingerprint density at radius 2 is 2.17 bits per heavy atom. The highest BCUT2D eigenvalue weighted by atomic mass is 16.4. The van der Waals surface area contributed by atoms with Crippen LogP contribution in [-0.4, -0.2) is 24.0 Å². The first-order chi connectivity index (χ1) is 8.49. The molecule has 18 heavy (non-hydrogen) atoms. The largest absolute Gasteiger partial charge is 0.481 e. The molecule has 1 aromatic carbocycles. The van der Waals surface area contributed by atoms with E-state index in [2.05, 4.69) is 0 Å². The fraction of sp³-hybridized carbons (Fsp3) is 0.429. The van der Waals surface area contributed by atoms with Crippen molar-refractivity contribution in [3.8, 4) is 0 Å². The summed E-state index contributed by atoms with van der Waals surface area (Å²) in [5.74, 6) is -1.09. The van der Waals surface area contributed by atoms with Gasteiger partial charge in [0.25, 0.3) is 0 Å². The van der Waals surface area contributed by atoms with Crippen LogP contribution in [0.15, 0.2) is 18.2 Å². The van der Waals surface area contributed by atoms with Crippen molar-refractivity contribution in [2.24, 2.45) is 5.92 Å². The third kappa shape index (κ3) is 2.37. The van der Waals surface area contributed by atoms with Crippen molar-refractivity contribution < 1.29 is 14.7 Å². The molecule has 0 aliphatic carbocycles. The second-order valence-electron chi connectivity index (χ2n) is 4.86. The molecule has 1 aliphatic heterocycles. The van der Waals surface area contributed by atoms with Crippen LogP contribution in [0.1, 0.15) is 24.5 Å². The molecule has 1 amide bonds. The van der Waals surface area contributed by atoms with Gasteiger partial charge >= 0.3 is 5.97 Å². The third-order valence-corrected chi connectivity index (χ3v) is 3.46. The van der Waals surface area contributed by atoms with Crippen molar-refractivity contribution in [2.75, 3.05) is 11.9 Å². The highest BCUT2D eigenvalue weighted by Gasteiger charge is 2.21. The molecule has 0 fully saturated rings. The lowest BCUT2D eigenvalue weighted by Crippen LogP contribution is -2.31. The van der Waals surface area contributed by atoms with Crippen LogP contribution >= 0.6 is 0 Å². The van der Waals surface area contributed by atoms with Gasteiger partial charge in [0, 0.05) is 19.2 Å². The molecule has 1 aromatic rings. The molecule has 96 valence electrons. The van der Waals surface area contributed by atoms with Crippen LogP contribution in [0.2, 0.25) is 0 Å². The Kier molecular flexibility index (Phi) is 3.36. The molecule has 4 nitrogen and oxygen atoms in total. The number of rotatable bonds is 3. The Morgan fingerprint density at radius 3 is 2.83 bits per heavy atom. The first-order valence-corrected chi connectivity index (χ1v) is 6.10. The van der Waals surface area contributed by atoms with Crippen LogP contribution in [0.3, 0.4) is 0 Å². The van der Waals surface area contributed by atoms with E-state index in [-0.39, 0.29) is 5.91 Å². The molecule has 0 saturated carbocycles. The first kappa shape index (κ1) is 12.6. The third-order valence-electron chi connectivity index (χ3n) is 3.46. The molecule has 0 bridgehead atoms.